The predicted molar refractivity (Wildman–Crippen MR) is 113 cm³/mol. The first-order valence-corrected chi connectivity index (χ1v) is 9.65. The average molecular weight is 394 g/mol. The van der Waals surface area contributed by atoms with E-state index < -0.39 is 0 Å². The maximum atomic E-state index is 12.6. The van der Waals surface area contributed by atoms with Crippen molar-refractivity contribution in [2.75, 3.05) is 13.7 Å². The van der Waals surface area contributed by atoms with Crippen molar-refractivity contribution < 1.29 is 14.6 Å². The first-order valence-electron chi connectivity index (χ1n) is 8.84. The van der Waals surface area contributed by atoms with Crippen molar-refractivity contribution in [2.45, 2.75) is 20.8 Å². The Bertz CT molecular complexity index is 1050. The third-order valence-electron chi connectivity index (χ3n) is 4.35. The number of thiazole rings is 1. The number of phenolic OH excluding ortho intramolecular Hbond substituents is 1. The van der Waals surface area contributed by atoms with Gasteiger partial charge in [0.05, 0.1) is 17.7 Å². The Morgan fingerprint density at radius 1 is 1.21 bits per heavy atom. The van der Waals surface area contributed by atoms with Crippen LogP contribution in [0.5, 0.6) is 11.5 Å². The lowest BCUT2D eigenvalue weighted by Crippen LogP contribution is -2.03. The third kappa shape index (κ3) is 4.28. The number of carbonyl (C=O) groups excluding carboxylic acids is 1. The number of ether oxygens (including phenoxy) is 1. The Kier molecular flexibility index (Phi) is 5.90. The fourth-order valence-corrected chi connectivity index (χ4v) is 3.91. The van der Waals surface area contributed by atoms with Gasteiger partial charge in [-0.25, -0.2) is 4.98 Å². The standard InChI is InChI=1S/C22H22N2O3S/c1-13-5-6-14(2)17(9-13)22-24-15(3)21(28-22)19(26)12-23-11-16-7-8-20(27-4)18(25)10-16/h5-11,25H,12H2,1-4H3. The number of benzene rings is 2. The Hall–Kier alpha value is -2.99. The second kappa shape index (κ2) is 8.35. The number of nitrogens with zero attached hydrogens (tertiary/aromatic N) is 2. The first kappa shape index (κ1) is 19.8. The first-order chi connectivity index (χ1) is 13.4. The number of carbonyl (C=O) groups is 1. The van der Waals surface area contributed by atoms with Gasteiger partial charge in [-0.3, -0.25) is 9.79 Å². The van der Waals surface area contributed by atoms with E-state index >= 15 is 0 Å². The lowest BCUT2D eigenvalue weighted by molar-refractivity contribution is 0.100. The number of hydrogen-bond acceptors (Lipinski definition) is 6. The zero-order chi connectivity index (χ0) is 20.3. The fraction of sp³-hybridized carbons (Fsp3) is 0.227. The van der Waals surface area contributed by atoms with Crippen LogP contribution in [0.25, 0.3) is 10.6 Å². The van der Waals surface area contributed by atoms with Crippen LogP contribution in [0, 0.1) is 20.8 Å². The zero-order valence-corrected chi connectivity index (χ0v) is 17.1. The van der Waals surface area contributed by atoms with Crippen LogP contribution in [0.4, 0.5) is 0 Å². The average Bonchev–Trinajstić information content (AvgIpc) is 3.05. The van der Waals surface area contributed by atoms with E-state index in [2.05, 4.69) is 28.2 Å². The molecule has 0 spiro atoms. The molecule has 6 heteroatoms. The molecule has 0 atom stereocenters. The van der Waals surface area contributed by atoms with Gasteiger partial charge in [-0.1, -0.05) is 17.7 Å². The highest BCUT2D eigenvalue weighted by Crippen LogP contribution is 2.31. The summed E-state index contributed by atoms with van der Waals surface area (Å²) < 4.78 is 5.01. The Balaban J connectivity index is 1.75. The molecule has 0 bridgehead atoms. The van der Waals surface area contributed by atoms with Crippen LogP contribution in [0.3, 0.4) is 0 Å². The highest BCUT2D eigenvalue weighted by molar-refractivity contribution is 7.17. The van der Waals surface area contributed by atoms with Gasteiger partial charge in [0.1, 0.15) is 11.6 Å². The summed E-state index contributed by atoms with van der Waals surface area (Å²) in [5.41, 5.74) is 4.78. The maximum absolute atomic E-state index is 12.6. The van der Waals surface area contributed by atoms with Crippen LogP contribution >= 0.6 is 11.3 Å². The van der Waals surface area contributed by atoms with Crippen molar-refractivity contribution in [3.05, 3.63) is 63.7 Å². The van der Waals surface area contributed by atoms with Gasteiger partial charge in [0.25, 0.3) is 0 Å². The summed E-state index contributed by atoms with van der Waals surface area (Å²) >= 11 is 1.41. The molecule has 0 aliphatic carbocycles. The molecule has 28 heavy (non-hydrogen) atoms. The number of aromatic hydroxyl groups is 1. The summed E-state index contributed by atoms with van der Waals surface area (Å²) in [6, 6.07) is 11.2. The molecule has 3 rings (SSSR count). The van der Waals surface area contributed by atoms with Crippen molar-refractivity contribution in [3.8, 4) is 22.1 Å². The molecule has 0 saturated heterocycles. The molecule has 2 aromatic carbocycles. The van der Waals surface area contributed by atoms with Crippen molar-refractivity contribution in [1.82, 2.24) is 4.98 Å². The molecule has 1 heterocycles. The van der Waals surface area contributed by atoms with Gasteiger partial charge in [-0.05, 0) is 56.2 Å². The third-order valence-corrected chi connectivity index (χ3v) is 5.58. The Labute approximate surface area is 168 Å². The van der Waals surface area contributed by atoms with Gasteiger partial charge < -0.3 is 9.84 Å². The van der Waals surface area contributed by atoms with Gasteiger partial charge in [0.15, 0.2) is 17.3 Å². The monoisotopic (exact) mass is 394 g/mol. The number of hydrogen-bond donors (Lipinski definition) is 1. The minimum atomic E-state index is -0.0689. The number of aryl methyl sites for hydroxylation is 3. The fourth-order valence-electron chi connectivity index (χ4n) is 2.83. The van der Waals surface area contributed by atoms with Crippen molar-refractivity contribution in [3.63, 3.8) is 0 Å². The number of methoxy groups -OCH3 is 1. The summed E-state index contributed by atoms with van der Waals surface area (Å²) in [6.45, 7) is 5.97. The molecule has 5 nitrogen and oxygen atoms in total. The lowest BCUT2D eigenvalue weighted by Gasteiger charge is -2.03. The van der Waals surface area contributed by atoms with E-state index in [9.17, 15) is 9.90 Å². The number of aliphatic imine (C=N–C) groups is 1. The second-order valence-electron chi connectivity index (χ2n) is 6.58. The number of phenols is 1. The molecule has 0 fully saturated rings. The SMILES string of the molecule is COc1ccc(C=NCC(=O)c2sc(-c3cc(C)ccc3C)nc2C)cc1O. The highest BCUT2D eigenvalue weighted by Gasteiger charge is 2.16. The quantitative estimate of drug-likeness (QED) is 0.484. The molecule has 0 saturated carbocycles. The molecule has 0 unspecified atom stereocenters. The number of rotatable bonds is 6. The van der Waals surface area contributed by atoms with Crippen LogP contribution in [-0.4, -0.2) is 35.7 Å². The minimum absolute atomic E-state index is 0.0298. The van der Waals surface area contributed by atoms with E-state index in [1.165, 1.54) is 18.4 Å². The van der Waals surface area contributed by atoms with Crippen LogP contribution in [0.2, 0.25) is 0 Å². The van der Waals surface area contributed by atoms with Gasteiger partial charge >= 0.3 is 0 Å². The van der Waals surface area contributed by atoms with Crippen molar-refractivity contribution in [2.24, 2.45) is 4.99 Å². The highest BCUT2D eigenvalue weighted by atomic mass is 32.1. The summed E-state index contributed by atoms with van der Waals surface area (Å²) in [5.74, 6) is 0.363. The van der Waals surface area contributed by atoms with Gasteiger partial charge in [0.2, 0.25) is 0 Å². The van der Waals surface area contributed by atoms with Crippen molar-refractivity contribution >= 4 is 23.3 Å². The normalized spacial score (nSPS) is 11.1. The molecule has 1 N–H and O–H groups in total. The molecule has 0 aliphatic heterocycles. The van der Waals surface area contributed by atoms with Crippen LogP contribution in [0.1, 0.15) is 32.1 Å². The molecule has 1 aromatic heterocycles. The van der Waals surface area contributed by atoms with E-state index in [-0.39, 0.29) is 18.1 Å². The Morgan fingerprint density at radius 3 is 2.71 bits per heavy atom. The van der Waals surface area contributed by atoms with E-state index in [0.717, 1.165) is 27.4 Å². The van der Waals surface area contributed by atoms with Gasteiger partial charge in [-0.15, -0.1) is 11.3 Å². The predicted octanol–water partition coefficient (Wildman–Crippen LogP) is 4.75. The van der Waals surface area contributed by atoms with E-state index in [1.54, 1.807) is 24.4 Å². The van der Waals surface area contributed by atoms with E-state index in [4.69, 9.17) is 4.74 Å². The summed E-state index contributed by atoms with van der Waals surface area (Å²) in [6.07, 6.45) is 1.57. The van der Waals surface area contributed by atoms with Crippen molar-refractivity contribution in [1.29, 1.82) is 0 Å². The molecule has 0 amide bonds. The molecule has 3 aromatic rings. The van der Waals surface area contributed by atoms with E-state index in [0.29, 0.717) is 16.2 Å². The van der Waals surface area contributed by atoms with Gasteiger partial charge in [0, 0.05) is 11.8 Å². The summed E-state index contributed by atoms with van der Waals surface area (Å²) in [5, 5.41) is 10.7. The minimum Gasteiger partial charge on any atom is -0.504 e. The van der Waals surface area contributed by atoms with Crippen LogP contribution in [0.15, 0.2) is 41.4 Å². The maximum Gasteiger partial charge on any atom is 0.196 e. The van der Waals surface area contributed by atoms with Crippen LogP contribution in [-0.2, 0) is 0 Å². The number of aromatic nitrogens is 1. The Morgan fingerprint density at radius 2 is 2.00 bits per heavy atom. The lowest BCUT2D eigenvalue weighted by atomic mass is 10.1. The molecular formula is C22H22N2O3S. The largest absolute Gasteiger partial charge is 0.504 e. The topological polar surface area (TPSA) is 71.8 Å². The molecule has 0 aliphatic rings. The summed E-state index contributed by atoms with van der Waals surface area (Å²) in [4.78, 5) is 22.1. The van der Waals surface area contributed by atoms with E-state index in [1.807, 2.05) is 20.8 Å². The van der Waals surface area contributed by atoms with Crippen LogP contribution < -0.4 is 4.74 Å². The number of ketones is 1. The summed E-state index contributed by atoms with van der Waals surface area (Å²) in [7, 11) is 1.49. The molecule has 144 valence electrons. The molecular weight excluding hydrogens is 372 g/mol. The zero-order valence-electron chi connectivity index (χ0n) is 16.3. The smallest absolute Gasteiger partial charge is 0.196 e. The number of Topliss-reactive ketones (excluding diaryl/α,β-unsaturated/α-hetero) is 1. The van der Waals surface area contributed by atoms with Gasteiger partial charge in [-0.2, -0.15) is 0 Å². The second-order valence-corrected chi connectivity index (χ2v) is 7.58. The molecule has 0 radical (unpaired) electrons.